The molecule has 1 amide bonds. The van der Waals surface area contributed by atoms with Crippen LogP contribution in [0.3, 0.4) is 0 Å². The minimum absolute atomic E-state index is 0.259. The van der Waals surface area contributed by atoms with E-state index in [-0.39, 0.29) is 5.91 Å². The molecule has 0 unspecified atom stereocenters. The summed E-state index contributed by atoms with van der Waals surface area (Å²) in [4.78, 5) is 21.9. The van der Waals surface area contributed by atoms with Crippen molar-refractivity contribution < 1.29 is 14.7 Å². The third kappa shape index (κ3) is 8.18. The zero-order valence-corrected chi connectivity index (χ0v) is 12.5. The maximum Gasteiger partial charge on any atom is 0.303 e. The van der Waals surface area contributed by atoms with Gasteiger partial charge in [0.2, 0.25) is 5.91 Å². The van der Waals surface area contributed by atoms with E-state index in [0.717, 1.165) is 45.1 Å². The molecule has 0 aliphatic heterocycles. The quantitative estimate of drug-likeness (QED) is 0.539. The van der Waals surface area contributed by atoms with Crippen molar-refractivity contribution in [1.82, 2.24) is 5.32 Å². The van der Waals surface area contributed by atoms with Crippen LogP contribution in [0.5, 0.6) is 0 Å². The lowest BCUT2D eigenvalue weighted by molar-refractivity contribution is -0.137. The van der Waals surface area contributed by atoms with E-state index >= 15 is 0 Å². The van der Waals surface area contributed by atoms with E-state index in [4.69, 9.17) is 5.11 Å². The summed E-state index contributed by atoms with van der Waals surface area (Å²) >= 11 is 0. The Bertz CT molecular complexity index is 287. The zero-order valence-electron chi connectivity index (χ0n) is 12.5. The first-order valence-corrected chi connectivity index (χ1v) is 8.19. The van der Waals surface area contributed by atoms with Crippen molar-refractivity contribution in [3.05, 3.63) is 0 Å². The Balaban J connectivity index is 1.74. The summed E-state index contributed by atoms with van der Waals surface area (Å²) in [6.07, 6.45) is 12.6. The Morgan fingerprint density at radius 1 is 0.900 bits per heavy atom. The van der Waals surface area contributed by atoms with E-state index in [0.29, 0.717) is 12.3 Å². The molecule has 20 heavy (non-hydrogen) atoms. The third-order valence-electron chi connectivity index (χ3n) is 4.09. The molecule has 0 bridgehead atoms. The zero-order chi connectivity index (χ0) is 14.6. The predicted octanol–water partition coefficient (Wildman–Crippen LogP) is 3.50. The molecule has 0 heterocycles. The number of carboxylic acid groups (broad SMARTS) is 1. The molecule has 0 aromatic carbocycles. The van der Waals surface area contributed by atoms with E-state index in [2.05, 4.69) is 5.32 Å². The number of hydrogen-bond donors (Lipinski definition) is 2. The summed E-state index contributed by atoms with van der Waals surface area (Å²) in [5.41, 5.74) is 0. The summed E-state index contributed by atoms with van der Waals surface area (Å²) in [6, 6.07) is 0. The van der Waals surface area contributed by atoms with Crippen LogP contribution in [-0.2, 0) is 9.59 Å². The molecule has 0 spiro atoms. The van der Waals surface area contributed by atoms with Crippen molar-refractivity contribution in [3.8, 4) is 0 Å². The van der Waals surface area contributed by atoms with Gasteiger partial charge >= 0.3 is 5.97 Å². The summed E-state index contributed by atoms with van der Waals surface area (Å²) in [5, 5.41) is 11.5. The summed E-state index contributed by atoms with van der Waals surface area (Å²) in [5.74, 6) is -0.121. The van der Waals surface area contributed by atoms with Crippen molar-refractivity contribution in [2.75, 3.05) is 6.54 Å². The molecule has 4 heteroatoms. The van der Waals surface area contributed by atoms with Gasteiger partial charge in [0.05, 0.1) is 0 Å². The highest BCUT2D eigenvalue weighted by molar-refractivity contribution is 5.79. The Morgan fingerprint density at radius 2 is 1.45 bits per heavy atom. The summed E-state index contributed by atoms with van der Waals surface area (Å²) in [6.45, 7) is 0.827. The molecular weight excluding hydrogens is 254 g/mol. The topological polar surface area (TPSA) is 66.4 Å². The van der Waals surface area contributed by atoms with Gasteiger partial charge in [-0.25, -0.2) is 0 Å². The lowest BCUT2D eigenvalue weighted by atomic mass is 9.85. The second kappa shape index (κ2) is 10.7. The SMILES string of the molecule is O=C(O)CCCCCCCCCCNC(=O)C1CCC1. The maximum absolute atomic E-state index is 11.6. The van der Waals surface area contributed by atoms with Crippen LogP contribution in [0.2, 0.25) is 0 Å². The lowest BCUT2D eigenvalue weighted by Crippen LogP contribution is -2.34. The summed E-state index contributed by atoms with van der Waals surface area (Å²) < 4.78 is 0. The number of hydrogen-bond acceptors (Lipinski definition) is 2. The Kier molecular flexibility index (Phi) is 9.09. The summed E-state index contributed by atoms with van der Waals surface area (Å²) in [7, 11) is 0. The van der Waals surface area contributed by atoms with Crippen LogP contribution < -0.4 is 5.32 Å². The first kappa shape index (κ1) is 17.0. The number of unbranched alkanes of at least 4 members (excludes halogenated alkanes) is 7. The average Bonchev–Trinajstić information content (AvgIpc) is 2.33. The Hall–Kier alpha value is -1.06. The lowest BCUT2D eigenvalue weighted by Gasteiger charge is -2.23. The predicted molar refractivity (Wildman–Crippen MR) is 79.5 cm³/mol. The average molecular weight is 283 g/mol. The molecule has 1 aliphatic carbocycles. The molecule has 0 saturated heterocycles. The van der Waals surface area contributed by atoms with E-state index in [1.165, 1.54) is 32.1 Å². The Labute approximate surface area is 122 Å². The van der Waals surface area contributed by atoms with Crippen LogP contribution in [0.15, 0.2) is 0 Å². The first-order chi connectivity index (χ1) is 9.70. The number of carboxylic acids is 1. The van der Waals surface area contributed by atoms with Crippen molar-refractivity contribution in [1.29, 1.82) is 0 Å². The minimum atomic E-state index is -0.686. The van der Waals surface area contributed by atoms with Crippen molar-refractivity contribution >= 4 is 11.9 Å². The number of rotatable bonds is 12. The van der Waals surface area contributed by atoms with Gasteiger partial charge in [-0.15, -0.1) is 0 Å². The molecule has 1 rings (SSSR count). The van der Waals surface area contributed by atoms with Crippen molar-refractivity contribution in [2.24, 2.45) is 5.92 Å². The van der Waals surface area contributed by atoms with Crippen LogP contribution in [0.25, 0.3) is 0 Å². The molecule has 4 nitrogen and oxygen atoms in total. The third-order valence-corrected chi connectivity index (χ3v) is 4.09. The normalized spacial score (nSPS) is 14.8. The number of carbonyl (C=O) groups is 2. The van der Waals surface area contributed by atoms with Gasteiger partial charge in [-0.05, 0) is 25.7 Å². The Morgan fingerprint density at radius 3 is 1.95 bits per heavy atom. The molecule has 116 valence electrons. The smallest absolute Gasteiger partial charge is 0.303 e. The molecular formula is C16H29NO3. The largest absolute Gasteiger partial charge is 0.481 e. The van der Waals surface area contributed by atoms with Crippen LogP contribution in [0.4, 0.5) is 0 Å². The van der Waals surface area contributed by atoms with E-state index in [1.807, 2.05) is 0 Å². The fraction of sp³-hybridized carbons (Fsp3) is 0.875. The maximum atomic E-state index is 11.6. The van der Waals surface area contributed by atoms with E-state index < -0.39 is 5.97 Å². The first-order valence-electron chi connectivity index (χ1n) is 8.19. The van der Waals surface area contributed by atoms with Gasteiger partial charge in [0.25, 0.3) is 0 Å². The molecule has 1 fully saturated rings. The van der Waals surface area contributed by atoms with Gasteiger partial charge in [-0.3, -0.25) is 9.59 Å². The monoisotopic (exact) mass is 283 g/mol. The molecule has 0 atom stereocenters. The highest BCUT2D eigenvalue weighted by Crippen LogP contribution is 2.26. The molecule has 0 aromatic heterocycles. The van der Waals surface area contributed by atoms with E-state index in [9.17, 15) is 9.59 Å². The molecule has 0 radical (unpaired) electrons. The number of amides is 1. The molecule has 1 aliphatic rings. The van der Waals surface area contributed by atoms with Gasteiger partial charge in [-0.1, -0.05) is 44.9 Å². The van der Waals surface area contributed by atoms with Crippen molar-refractivity contribution in [2.45, 2.75) is 77.0 Å². The molecule has 0 aromatic rings. The van der Waals surface area contributed by atoms with Gasteiger partial charge in [0.15, 0.2) is 0 Å². The molecule has 2 N–H and O–H groups in total. The number of aliphatic carboxylic acids is 1. The van der Waals surface area contributed by atoms with Gasteiger partial charge in [0, 0.05) is 18.9 Å². The van der Waals surface area contributed by atoms with Crippen LogP contribution in [0.1, 0.15) is 77.0 Å². The van der Waals surface area contributed by atoms with Crippen LogP contribution in [-0.4, -0.2) is 23.5 Å². The number of carbonyl (C=O) groups excluding carboxylic acids is 1. The second-order valence-corrected chi connectivity index (χ2v) is 5.89. The van der Waals surface area contributed by atoms with Crippen molar-refractivity contribution in [3.63, 3.8) is 0 Å². The van der Waals surface area contributed by atoms with Gasteiger partial charge in [-0.2, -0.15) is 0 Å². The van der Waals surface area contributed by atoms with Gasteiger partial charge < -0.3 is 10.4 Å². The highest BCUT2D eigenvalue weighted by Gasteiger charge is 2.24. The van der Waals surface area contributed by atoms with E-state index in [1.54, 1.807) is 0 Å². The van der Waals surface area contributed by atoms with Crippen LogP contribution >= 0.6 is 0 Å². The van der Waals surface area contributed by atoms with Crippen LogP contribution in [0, 0.1) is 5.92 Å². The minimum Gasteiger partial charge on any atom is -0.481 e. The second-order valence-electron chi connectivity index (χ2n) is 5.89. The standard InChI is InChI=1S/C16H29NO3/c18-15(19)12-7-5-3-1-2-4-6-8-13-17-16(20)14-10-9-11-14/h14H,1-13H2,(H,17,20)(H,18,19). The van der Waals surface area contributed by atoms with Gasteiger partial charge in [0.1, 0.15) is 0 Å². The highest BCUT2D eigenvalue weighted by atomic mass is 16.4. The fourth-order valence-electron chi connectivity index (χ4n) is 2.49. The number of nitrogens with one attached hydrogen (secondary N) is 1. The fourth-order valence-corrected chi connectivity index (χ4v) is 2.49. The molecule has 1 saturated carbocycles.